The second-order valence-electron chi connectivity index (χ2n) is 11.5. The van der Waals surface area contributed by atoms with E-state index in [4.69, 9.17) is 9.26 Å². The number of oxime groups is 1. The molecule has 0 unspecified atom stereocenters. The minimum Gasteiger partial charge on any atom is -0.415 e. The molecule has 154 valence electrons. The lowest BCUT2D eigenvalue weighted by atomic mass is 9.45. The van der Waals surface area contributed by atoms with E-state index in [-0.39, 0.29) is 0 Å². The van der Waals surface area contributed by atoms with Crippen LogP contribution in [0.3, 0.4) is 0 Å². The van der Waals surface area contributed by atoms with Crippen LogP contribution in [0.2, 0.25) is 19.6 Å². The fourth-order valence-corrected chi connectivity index (χ4v) is 9.09. The topological polar surface area (TPSA) is 30.8 Å². The van der Waals surface area contributed by atoms with E-state index in [1.807, 2.05) is 0 Å². The van der Waals surface area contributed by atoms with Gasteiger partial charge >= 0.3 is 0 Å². The molecule has 4 aliphatic carbocycles. The van der Waals surface area contributed by atoms with Gasteiger partial charge in [-0.1, -0.05) is 19.0 Å². The number of hydrogen-bond donors (Lipinski definition) is 0. The van der Waals surface area contributed by atoms with Crippen LogP contribution in [0, 0.1) is 34.5 Å². The summed E-state index contributed by atoms with van der Waals surface area (Å²) < 4.78 is 6.54. The van der Waals surface area contributed by atoms with E-state index < -0.39 is 8.32 Å². The van der Waals surface area contributed by atoms with Crippen molar-refractivity contribution in [3.05, 3.63) is 0 Å². The molecule has 0 N–H and O–H groups in total. The molecule has 0 saturated heterocycles. The summed E-state index contributed by atoms with van der Waals surface area (Å²) in [6, 6.07) is 0. The second kappa shape index (κ2) is 6.86. The van der Waals surface area contributed by atoms with Crippen LogP contribution in [0.25, 0.3) is 0 Å². The number of nitrogens with zero attached hydrogens (tertiary/aromatic N) is 1. The van der Waals surface area contributed by atoms with Crippen molar-refractivity contribution in [2.24, 2.45) is 39.7 Å². The lowest BCUT2D eigenvalue weighted by molar-refractivity contribution is -0.111. The maximum Gasteiger partial charge on any atom is 0.184 e. The van der Waals surface area contributed by atoms with Crippen molar-refractivity contribution in [2.75, 3.05) is 7.11 Å². The summed E-state index contributed by atoms with van der Waals surface area (Å²) in [7, 11) is 0.283. The first-order valence-electron chi connectivity index (χ1n) is 11.5. The van der Waals surface area contributed by atoms with E-state index in [1.165, 1.54) is 57.1 Å². The first kappa shape index (κ1) is 19.9. The number of rotatable bonds is 3. The first-order chi connectivity index (χ1) is 12.7. The minimum atomic E-state index is -1.43. The molecular formula is C23H41NO2Si. The molecule has 4 heteroatoms. The van der Waals surface area contributed by atoms with Gasteiger partial charge in [0, 0.05) is 11.5 Å². The van der Waals surface area contributed by atoms with E-state index in [0.717, 1.165) is 30.1 Å². The second-order valence-corrected chi connectivity index (χ2v) is 16.0. The minimum absolute atomic E-state index is 0.304. The van der Waals surface area contributed by atoms with Crippen molar-refractivity contribution >= 4 is 14.0 Å². The fourth-order valence-electron chi connectivity index (χ4n) is 7.87. The van der Waals surface area contributed by atoms with Gasteiger partial charge in [-0.05, 0) is 107 Å². The van der Waals surface area contributed by atoms with Crippen molar-refractivity contribution < 1.29 is 9.26 Å². The highest BCUT2D eigenvalue weighted by Crippen LogP contribution is 2.65. The molecular weight excluding hydrogens is 350 g/mol. The van der Waals surface area contributed by atoms with Crippen LogP contribution < -0.4 is 0 Å². The molecule has 0 aromatic rings. The van der Waals surface area contributed by atoms with Crippen LogP contribution in [-0.4, -0.2) is 27.2 Å². The Hall–Kier alpha value is -0.353. The molecule has 0 aromatic heterocycles. The molecule has 0 aliphatic heterocycles. The summed E-state index contributed by atoms with van der Waals surface area (Å²) in [5.74, 6) is 3.54. The van der Waals surface area contributed by atoms with Gasteiger partial charge in [0.25, 0.3) is 0 Å². The van der Waals surface area contributed by atoms with Crippen LogP contribution in [0.15, 0.2) is 5.16 Å². The first-order valence-corrected chi connectivity index (χ1v) is 14.9. The van der Waals surface area contributed by atoms with Crippen LogP contribution in [-0.2, 0) is 9.26 Å². The number of hydrogen-bond acceptors (Lipinski definition) is 3. The molecule has 0 amide bonds. The molecule has 0 radical (unpaired) electrons. The normalized spacial score (nSPS) is 48.7. The van der Waals surface area contributed by atoms with Crippen molar-refractivity contribution in [3.63, 3.8) is 0 Å². The monoisotopic (exact) mass is 391 g/mol. The predicted octanol–water partition coefficient (Wildman–Crippen LogP) is 6.25. The Balaban J connectivity index is 1.52. The van der Waals surface area contributed by atoms with Crippen LogP contribution in [0.1, 0.15) is 71.6 Å². The van der Waals surface area contributed by atoms with Gasteiger partial charge in [0.05, 0.1) is 5.71 Å². The maximum absolute atomic E-state index is 6.54. The lowest BCUT2D eigenvalue weighted by Crippen LogP contribution is -2.54. The lowest BCUT2D eigenvalue weighted by Gasteiger charge is -2.60. The molecule has 3 nitrogen and oxygen atoms in total. The fraction of sp³-hybridized carbons (Fsp3) is 0.957. The standard InChI is InChI=1S/C23H41NO2Si/c1-22-13-11-17(26-27(4,5)6)15-16(22)7-8-18-19-9-10-21(24-25-3)23(19,2)14-12-20(18)22/h16-20H,7-15H2,1-6H3/b24-21-/t16-,17-,18-,19-,20-,22-,23-/m0/s1. The smallest absolute Gasteiger partial charge is 0.184 e. The Kier molecular flexibility index (Phi) is 5.07. The van der Waals surface area contributed by atoms with Crippen molar-refractivity contribution in [1.29, 1.82) is 0 Å². The third-order valence-corrected chi connectivity index (χ3v) is 10.1. The van der Waals surface area contributed by atoms with Gasteiger partial charge in [0.2, 0.25) is 0 Å². The third kappa shape index (κ3) is 3.33. The Bertz CT molecular complexity index is 600. The summed E-state index contributed by atoms with van der Waals surface area (Å²) in [6.07, 6.45) is 12.6. The largest absolute Gasteiger partial charge is 0.415 e. The summed E-state index contributed by atoms with van der Waals surface area (Å²) in [5, 5.41) is 4.46. The molecule has 0 bridgehead atoms. The van der Waals surface area contributed by atoms with Gasteiger partial charge < -0.3 is 9.26 Å². The van der Waals surface area contributed by atoms with Gasteiger partial charge in [0.1, 0.15) is 7.11 Å². The van der Waals surface area contributed by atoms with Gasteiger partial charge in [-0.15, -0.1) is 0 Å². The van der Waals surface area contributed by atoms with E-state index in [0.29, 0.717) is 16.9 Å². The maximum atomic E-state index is 6.54. The SMILES string of the molecule is CO/N=C1/CC[C@H]2[C@@H]3CC[C@H]4C[C@@H](O[Si](C)(C)C)CC[C@]4(C)[C@H]3CC[C@]12C. The molecule has 0 heterocycles. The number of fused-ring (bicyclic) bond motifs is 5. The van der Waals surface area contributed by atoms with Gasteiger partial charge in [-0.3, -0.25) is 0 Å². The molecule has 27 heavy (non-hydrogen) atoms. The molecule has 4 saturated carbocycles. The Labute approximate surface area is 167 Å². The Morgan fingerprint density at radius 1 is 0.963 bits per heavy atom. The van der Waals surface area contributed by atoms with E-state index in [1.54, 1.807) is 7.11 Å². The van der Waals surface area contributed by atoms with E-state index >= 15 is 0 Å². The van der Waals surface area contributed by atoms with E-state index in [9.17, 15) is 0 Å². The molecule has 4 rings (SSSR count). The highest BCUT2D eigenvalue weighted by molar-refractivity contribution is 6.69. The van der Waals surface area contributed by atoms with E-state index in [2.05, 4.69) is 38.6 Å². The van der Waals surface area contributed by atoms with Crippen LogP contribution in [0.4, 0.5) is 0 Å². The summed E-state index contributed by atoms with van der Waals surface area (Å²) in [6.45, 7) is 12.2. The highest BCUT2D eigenvalue weighted by Gasteiger charge is 2.59. The molecule has 4 fully saturated rings. The van der Waals surface area contributed by atoms with Gasteiger partial charge in [0.15, 0.2) is 8.32 Å². The van der Waals surface area contributed by atoms with Crippen molar-refractivity contribution in [2.45, 2.75) is 97.4 Å². The zero-order chi connectivity index (χ0) is 19.4. The Morgan fingerprint density at radius 2 is 1.74 bits per heavy atom. The molecule has 7 atom stereocenters. The van der Waals surface area contributed by atoms with Gasteiger partial charge in [-0.2, -0.15) is 0 Å². The van der Waals surface area contributed by atoms with Crippen molar-refractivity contribution in [1.82, 2.24) is 0 Å². The third-order valence-electron chi connectivity index (χ3n) is 9.08. The van der Waals surface area contributed by atoms with Crippen molar-refractivity contribution in [3.8, 4) is 0 Å². The summed E-state index contributed by atoms with van der Waals surface area (Å²) in [5.41, 5.74) is 2.21. The molecule has 0 aromatic carbocycles. The Morgan fingerprint density at radius 3 is 2.44 bits per heavy atom. The highest BCUT2D eigenvalue weighted by atomic mass is 28.4. The van der Waals surface area contributed by atoms with Gasteiger partial charge in [-0.25, -0.2) is 0 Å². The summed E-state index contributed by atoms with van der Waals surface area (Å²) in [4.78, 5) is 5.21. The average molecular weight is 392 g/mol. The van der Waals surface area contributed by atoms with Crippen LogP contribution in [0.5, 0.6) is 0 Å². The molecule has 0 spiro atoms. The zero-order valence-corrected chi connectivity index (χ0v) is 19.5. The predicted molar refractivity (Wildman–Crippen MR) is 114 cm³/mol. The average Bonchev–Trinajstić information content (AvgIpc) is 2.91. The quantitative estimate of drug-likeness (QED) is 0.420. The van der Waals surface area contributed by atoms with Crippen LogP contribution >= 0.6 is 0 Å². The zero-order valence-electron chi connectivity index (χ0n) is 18.5. The molecule has 4 aliphatic rings. The summed E-state index contributed by atoms with van der Waals surface area (Å²) >= 11 is 0.